The van der Waals surface area contributed by atoms with E-state index in [1.54, 1.807) is 41.9 Å². The van der Waals surface area contributed by atoms with E-state index in [0.29, 0.717) is 27.9 Å². The van der Waals surface area contributed by atoms with Gasteiger partial charge in [-0.05, 0) is 73.2 Å². The van der Waals surface area contributed by atoms with Crippen LogP contribution in [0.15, 0.2) is 72.2 Å². The van der Waals surface area contributed by atoms with Gasteiger partial charge < -0.3 is 18.7 Å². The smallest absolute Gasteiger partial charge is 0.257 e. The Morgan fingerprint density at radius 2 is 1.84 bits per heavy atom. The van der Waals surface area contributed by atoms with E-state index in [4.69, 9.17) is 18.7 Å². The minimum Gasteiger partial charge on any atom is -0.494 e. The van der Waals surface area contributed by atoms with Crippen molar-refractivity contribution in [3.8, 4) is 23.0 Å². The number of halogens is 1. The fraction of sp³-hybridized carbons (Fsp3) is 0.185. The highest BCUT2D eigenvalue weighted by atomic mass is 32.1. The number of ether oxygens (including phenoxy) is 3. The average Bonchev–Trinajstić information content (AvgIpc) is 3.38. The molecule has 0 spiro atoms. The monoisotopic (exact) mass is 540 g/mol. The SMILES string of the molecule is COc1ccc(COPc2ccc(Oc3cc(OC(C)C)cc(C(=O)Nc4nccs4)c3)cc2)cc1F. The van der Waals surface area contributed by atoms with E-state index in [9.17, 15) is 9.18 Å². The molecule has 0 aliphatic heterocycles. The Bertz CT molecular complexity index is 1330. The number of anilines is 1. The molecule has 0 saturated heterocycles. The molecule has 1 heterocycles. The number of aromatic nitrogens is 1. The lowest BCUT2D eigenvalue weighted by Crippen LogP contribution is -2.13. The van der Waals surface area contributed by atoms with Crippen LogP contribution in [0.3, 0.4) is 0 Å². The lowest BCUT2D eigenvalue weighted by Gasteiger charge is -2.14. The average molecular weight is 541 g/mol. The number of rotatable bonds is 11. The van der Waals surface area contributed by atoms with Crippen molar-refractivity contribution in [3.63, 3.8) is 0 Å². The van der Waals surface area contributed by atoms with Gasteiger partial charge in [-0.25, -0.2) is 9.37 Å². The third-order valence-electron chi connectivity index (χ3n) is 4.90. The van der Waals surface area contributed by atoms with Crippen LogP contribution in [0, 0.1) is 5.82 Å². The maximum atomic E-state index is 13.8. The summed E-state index contributed by atoms with van der Waals surface area (Å²) in [5.41, 5.74) is 1.12. The number of nitrogens with zero attached hydrogens (tertiary/aromatic N) is 1. The number of methoxy groups -OCH3 is 1. The lowest BCUT2D eigenvalue weighted by atomic mass is 10.2. The van der Waals surface area contributed by atoms with Crippen LogP contribution >= 0.6 is 20.1 Å². The van der Waals surface area contributed by atoms with Gasteiger partial charge in [-0.3, -0.25) is 10.1 Å². The quantitative estimate of drug-likeness (QED) is 0.217. The first-order valence-electron chi connectivity index (χ1n) is 11.4. The molecule has 7 nitrogen and oxygen atoms in total. The molecule has 4 aromatic rings. The van der Waals surface area contributed by atoms with E-state index in [2.05, 4.69) is 10.3 Å². The van der Waals surface area contributed by atoms with E-state index in [1.807, 2.05) is 38.1 Å². The zero-order valence-electron chi connectivity index (χ0n) is 20.5. The van der Waals surface area contributed by atoms with Crippen molar-refractivity contribution < 1.29 is 27.9 Å². The predicted octanol–water partition coefficient (Wildman–Crippen LogP) is 6.56. The Balaban J connectivity index is 1.39. The van der Waals surface area contributed by atoms with Crippen LogP contribution in [0.2, 0.25) is 0 Å². The van der Waals surface area contributed by atoms with E-state index < -0.39 is 5.82 Å². The van der Waals surface area contributed by atoms with Crippen molar-refractivity contribution in [3.05, 3.63) is 89.2 Å². The number of hydrogen-bond acceptors (Lipinski definition) is 7. The van der Waals surface area contributed by atoms with Crippen LogP contribution < -0.4 is 24.8 Å². The van der Waals surface area contributed by atoms with Gasteiger partial charge in [0, 0.05) is 32.0 Å². The van der Waals surface area contributed by atoms with Gasteiger partial charge in [0.05, 0.1) is 19.8 Å². The van der Waals surface area contributed by atoms with Gasteiger partial charge >= 0.3 is 0 Å². The number of benzene rings is 3. The maximum absolute atomic E-state index is 13.8. The summed E-state index contributed by atoms with van der Waals surface area (Å²) in [5, 5.41) is 6.04. The minimum absolute atomic E-state index is 0.0696. The number of hydrogen-bond donors (Lipinski definition) is 1. The molecular weight excluding hydrogens is 514 g/mol. The Kier molecular flexibility index (Phi) is 9.06. The van der Waals surface area contributed by atoms with Crippen molar-refractivity contribution in [2.24, 2.45) is 0 Å². The van der Waals surface area contributed by atoms with Gasteiger partial charge in [-0.1, -0.05) is 6.07 Å². The van der Waals surface area contributed by atoms with Gasteiger partial charge in [0.25, 0.3) is 5.91 Å². The first-order valence-corrected chi connectivity index (χ1v) is 13.2. The van der Waals surface area contributed by atoms with Gasteiger partial charge in [-0.2, -0.15) is 0 Å². The molecular formula is C27H26FN2O5PS. The maximum Gasteiger partial charge on any atom is 0.257 e. The largest absolute Gasteiger partial charge is 0.494 e. The Morgan fingerprint density at radius 3 is 2.51 bits per heavy atom. The summed E-state index contributed by atoms with van der Waals surface area (Å²) in [4.78, 5) is 16.9. The summed E-state index contributed by atoms with van der Waals surface area (Å²) >= 11 is 1.34. The van der Waals surface area contributed by atoms with Gasteiger partial charge in [-0.15, -0.1) is 11.3 Å². The predicted molar refractivity (Wildman–Crippen MR) is 144 cm³/mol. The molecule has 0 aliphatic rings. The van der Waals surface area contributed by atoms with E-state index in [0.717, 1.165) is 10.9 Å². The van der Waals surface area contributed by atoms with Gasteiger partial charge in [0.1, 0.15) is 17.2 Å². The van der Waals surface area contributed by atoms with Crippen LogP contribution in [0.4, 0.5) is 9.52 Å². The Morgan fingerprint density at radius 1 is 1.05 bits per heavy atom. The van der Waals surface area contributed by atoms with Crippen molar-refractivity contribution in [2.45, 2.75) is 26.6 Å². The summed E-state index contributed by atoms with van der Waals surface area (Å²) in [6.07, 6.45) is 1.56. The molecule has 1 atom stereocenters. The van der Waals surface area contributed by atoms with Gasteiger partial charge in [0.15, 0.2) is 16.7 Å². The Hall–Kier alpha value is -3.52. The second-order valence-electron chi connectivity index (χ2n) is 8.14. The molecule has 1 aromatic heterocycles. The molecule has 1 amide bonds. The fourth-order valence-electron chi connectivity index (χ4n) is 3.29. The highest BCUT2D eigenvalue weighted by Crippen LogP contribution is 2.29. The van der Waals surface area contributed by atoms with Crippen LogP contribution in [0.25, 0.3) is 0 Å². The number of carbonyl (C=O) groups excluding carboxylic acids is 1. The zero-order valence-corrected chi connectivity index (χ0v) is 22.3. The molecule has 3 aromatic carbocycles. The van der Waals surface area contributed by atoms with E-state index >= 15 is 0 Å². The fourth-order valence-corrected chi connectivity index (χ4v) is 4.52. The first kappa shape index (κ1) is 26.5. The summed E-state index contributed by atoms with van der Waals surface area (Å²) in [7, 11) is 1.51. The highest BCUT2D eigenvalue weighted by Gasteiger charge is 2.13. The lowest BCUT2D eigenvalue weighted by molar-refractivity contribution is 0.102. The molecule has 192 valence electrons. The van der Waals surface area contributed by atoms with Crippen molar-refractivity contribution in [2.75, 3.05) is 12.4 Å². The first-order chi connectivity index (χ1) is 17.9. The second kappa shape index (κ2) is 12.6. The number of carbonyl (C=O) groups is 1. The van der Waals surface area contributed by atoms with E-state index in [-0.39, 0.29) is 33.2 Å². The summed E-state index contributed by atoms with van der Waals surface area (Å²) in [6.45, 7) is 4.11. The summed E-state index contributed by atoms with van der Waals surface area (Å²) in [5.74, 6) is 1.07. The summed E-state index contributed by atoms with van der Waals surface area (Å²) < 4.78 is 36.4. The third-order valence-corrected chi connectivity index (χ3v) is 6.45. The van der Waals surface area contributed by atoms with Crippen LogP contribution in [0.1, 0.15) is 29.8 Å². The molecule has 1 N–H and O–H groups in total. The summed E-state index contributed by atoms with van der Waals surface area (Å²) in [6, 6.07) is 17.3. The van der Waals surface area contributed by atoms with Crippen LogP contribution in [-0.2, 0) is 11.1 Å². The third kappa shape index (κ3) is 7.73. The highest BCUT2D eigenvalue weighted by molar-refractivity contribution is 7.41. The Labute approximate surface area is 220 Å². The molecule has 0 bridgehead atoms. The van der Waals surface area contributed by atoms with E-state index in [1.165, 1.54) is 24.5 Å². The second-order valence-corrected chi connectivity index (χ2v) is 10.1. The van der Waals surface area contributed by atoms with Crippen molar-refractivity contribution >= 4 is 36.5 Å². The zero-order chi connectivity index (χ0) is 26.2. The number of thiazole rings is 1. The van der Waals surface area contributed by atoms with Gasteiger partial charge in [0.2, 0.25) is 0 Å². The molecule has 10 heteroatoms. The molecule has 0 fully saturated rings. The van der Waals surface area contributed by atoms with Crippen molar-refractivity contribution in [1.29, 1.82) is 0 Å². The molecule has 37 heavy (non-hydrogen) atoms. The number of amides is 1. The molecule has 0 saturated carbocycles. The molecule has 4 rings (SSSR count). The molecule has 0 radical (unpaired) electrons. The number of nitrogens with one attached hydrogen (secondary N) is 1. The van der Waals surface area contributed by atoms with Crippen LogP contribution in [0.5, 0.6) is 23.0 Å². The minimum atomic E-state index is -0.417. The molecule has 0 aliphatic carbocycles. The van der Waals surface area contributed by atoms with Crippen LogP contribution in [-0.4, -0.2) is 24.1 Å². The topological polar surface area (TPSA) is 78.9 Å². The normalized spacial score (nSPS) is 11.2. The van der Waals surface area contributed by atoms with Crippen molar-refractivity contribution in [1.82, 2.24) is 4.98 Å². The molecule has 1 unspecified atom stereocenters. The standard InChI is InChI=1S/C27H26FN2O5PS/c1-17(2)34-21-13-19(26(31)30-27-29-10-11-37-27)14-22(15-21)35-20-5-7-23(8-6-20)36-33-16-18-4-9-25(32-3)24(28)12-18/h4-15,17,36H,16H2,1-3H3,(H,29,30,31).